The maximum atomic E-state index is 5.65. The van der Waals surface area contributed by atoms with Crippen molar-refractivity contribution in [2.75, 3.05) is 0 Å². The lowest BCUT2D eigenvalue weighted by molar-refractivity contribution is 0.676. The molecule has 2 heterocycles. The van der Waals surface area contributed by atoms with Gasteiger partial charge in [0.05, 0.1) is 17.7 Å². The van der Waals surface area contributed by atoms with Crippen molar-refractivity contribution in [2.45, 2.75) is 6.54 Å². The highest BCUT2D eigenvalue weighted by Gasteiger charge is 1.98. The Morgan fingerprint density at radius 3 is 3.08 bits per heavy atom. The van der Waals surface area contributed by atoms with Crippen LogP contribution >= 0.6 is 22.9 Å². The van der Waals surface area contributed by atoms with Gasteiger partial charge in [-0.1, -0.05) is 11.6 Å². The molecular formula is C7H6ClN3S. The van der Waals surface area contributed by atoms with Crippen molar-refractivity contribution in [1.29, 1.82) is 0 Å². The summed E-state index contributed by atoms with van der Waals surface area (Å²) >= 11 is 7.23. The molecule has 0 atom stereocenters. The van der Waals surface area contributed by atoms with Crippen molar-refractivity contribution in [3.63, 3.8) is 0 Å². The summed E-state index contributed by atoms with van der Waals surface area (Å²) in [7, 11) is 0. The van der Waals surface area contributed by atoms with Gasteiger partial charge in [0.2, 0.25) is 0 Å². The van der Waals surface area contributed by atoms with Crippen LogP contribution in [-0.2, 0) is 6.54 Å². The Morgan fingerprint density at radius 2 is 2.50 bits per heavy atom. The van der Waals surface area contributed by atoms with Crippen molar-refractivity contribution in [2.24, 2.45) is 0 Å². The van der Waals surface area contributed by atoms with E-state index in [-0.39, 0.29) is 0 Å². The smallest absolute Gasteiger partial charge is 0.151 e. The molecule has 62 valence electrons. The molecule has 0 aromatic carbocycles. The largest absolute Gasteiger partial charge is 0.265 e. The number of hydrogen-bond acceptors (Lipinski definition) is 3. The molecule has 0 unspecified atom stereocenters. The molecule has 2 rings (SSSR count). The summed E-state index contributed by atoms with van der Waals surface area (Å²) in [6, 6.07) is 1.76. The molecule has 2 aromatic heterocycles. The van der Waals surface area contributed by atoms with E-state index >= 15 is 0 Å². The van der Waals surface area contributed by atoms with Crippen molar-refractivity contribution in [3.05, 3.63) is 34.0 Å². The van der Waals surface area contributed by atoms with E-state index in [1.165, 1.54) is 0 Å². The Morgan fingerprint density at radius 1 is 1.58 bits per heavy atom. The minimum Gasteiger partial charge on any atom is -0.265 e. The van der Waals surface area contributed by atoms with E-state index in [9.17, 15) is 0 Å². The molecule has 12 heavy (non-hydrogen) atoms. The topological polar surface area (TPSA) is 30.7 Å². The number of halogens is 1. The van der Waals surface area contributed by atoms with Gasteiger partial charge >= 0.3 is 0 Å². The summed E-state index contributed by atoms with van der Waals surface area (Å²) in [5.41, 5.74) is 2.82. The fourth-order valence-corrected chi connectivity index (χ4v) is 1.61. The van der Waals surface area contributed by atoms with Crippen molar-refractivity contribution in [1.82, 2.24) is 14.8 Å². The van der Waals surface area contributed by atoms with E-state index < -0.39 is 0 Å². The van der Waals surface area contributed by atoms with Crippen molar-refractivity contribution >= 4 is 22.9 Å². The van der Waals surface area contributed by atoms with E-state index in [1.807, 2.05) is 11.6 Å². The molecule has 0 amide bonds. The zero-order valence-electron chi connectivity index (χ0n) is 6.14. The lowest BCUT2D eigenvalue weighted by Crippen LogP contribution is -1.99. The monoisotopic (exact) mass is 199 g/mol. The van der Waals surface area contributed by atoms with Crippen LogP contribution in [0.2, 0.25) is 5.15 Å². The normalized spacial score (nSPS) is 10.4. The van der Waals surface area contributed by atoms with Gasteiger partial charge in [-0.05, 0) is 6.07 Å². The van der Waals surface area contributed by atoms with Crippen LogP contribution in [0.3, 0.4) is 0 Å². The number of thiazole rings is 1. The standard InChI is InChI=1S/C7H6ClN3S/c8-7-1-2-11(10-7)3-6-4-12-5-9-6/h1-2,4-5H,3H2. The first kappa shape index (κ1) is 7.76. The Bertz CT molecular complexity index is 354. The zero-order valence-corrected chi connectivity index (χ0v) is 7.72. The van der Waals surface area contributed by atoms with Gasteiger partial charge in [-0.2, -0.15) is 5.10 Å². The third kappa shape index (κ3) is 1.65. The molecule has 0 aliphatic rings. The van der Waals surface area contributed by atoms with Crippen LogP contribution in [-0.4, -0.2) is 14.8 Å². The first-order chi connectivity index (χ1) is 5.84. The maximum absolute atomic E-state index is 5.65. The first-order valence-electron chi connectivity index (χ1n) is 3.40. The molecular weight excluding hydrogens is 194 g/mol. The van der Waals surface area contributed by atoms with Crippen LogP contribution in [0.1, 0.15) is 5.69 Å². The quantitative estimate of drug-likeness (QED) is 0.741. The van der Waals surface area contributed by atoms with Gasteiger partial charge < -0.3 is 0 Å². The molecule has 0 aliphatic heterocycles. The van der Waals surface area contributed by atoms with Gasteiger partial charge in [-0.25, -0.2) is 4.98 Å². The summed E-state index contributed by atoms with van der Waals surface area (Å²) in [5.74, 6) is 0. The number of rotatable bonds is 2. The number of nitrogens with zero attached hydrogens (tertiary/aromatic N) is 3. The van der Waals surface area contributed by atoms with E-state index in [4.69, 9.17) is 11.6 Å². The summed E-state index contributed by atoms with van der Waals surface area (Å²) in [6.45, 7) is 0.691. The van der Waals surface area contributed by atoms with Crippen LogP contribution in [0.15, 0.2) is 23.2 Å². The molecule has 0 saturated carbocycles. The van der Waals surface area contributed by atoms with Crippen LogP contribution in [0.5, 0.6) is 0 Å². The molecule has 0 aliphatic carbocycles. The zero-order chi connectivity index (χ0) is 8.39. The highest BCUT2D eigenvalue weighted by atomic mass is 35.5. The highest BCUT2D eigenvalue weighted by molar-refractivity contribution is 7.07. The van der Waals surface area contributed by atoms with Gasteiger partial charge in [0.1, 0.15) is 0 Å². The van der Waals surface area contributed by atoms with E-state index in [2.05, 4.69) is 10.1 Å². The second-order valence-corrected chi connectivity index (χ2v) is 3.42. The Balaban J connectivity index is 2.14. The molecule has 0 fully saturated rings. The Labute approximate surface area is 78.6 Å². The van der Waals surface area contributed by atoms with Crippen molar-refractivity contribution < 1.29 is 0 Å². The Kier molecular flexibility index (Phi) is 2.10. The number of hydrogen-bond donors (Lipinski definition) is 0. The maximum Gasteiger partial charge on any atom is 0.151 e. The molecule has 0 spiro atoms. The molecule has 3 nitrogen and oxygen atoms in total. The Hall–Kier alpha value is -0.870. The van der Waals surface area contributed by atoms with Crippen LogP contribution in [0, 0.1) is 0 Å². The van der Waals surface area contributed by atoms with E-state index in [0.717, 1.165) is 5.69 Å². The molecule has 0 bridgehead atoms. The molecule has 0 N–H and O–H groups in total. The molecule has 5 heteroatoms. The fourth-order valence-electron chi connectivity index (χ4n) is 0.907. The van der Waals surface area contributed by atoms with Gasteiger partial charge in [-0.15, -0.1) is 11.3 Å². The van der Waals surface area contributed by atoms with E-state index in [1.54, 1.807) is 27.6 Å². The predicted molar refractivity (Wildman–Crippen MR) is 48.5 cm³/mol. The summed E-state index contributed by atoms with van der Waals surface area (Å²) in [6.07, 6.45) is 1.84. The number of aromatic nitrogens is 3. The first-order valence-corrected chi connectivity index (χ1v) is 4.73. The SMILES string of the molecule is Clc1ccn(Cc2cscn2)n1. The third-order valence-corrected chi connectivity index (χ3v) is 2.25. The van der Waals surface area contributed by atoms with Gasteiger partial charge in [0, 0.05) is 11.6 Å². The molecule has 0 saturated heterocycles. The van der Waals surface area contributed by atoms with Gasteiger partial charge in [0.15, 0.2) is 5.15 Å². The molecule has 2 aromatic rings. The average molecular weight is 200 g/mol. The summed E-state index contributed by atoms with van der Waals surface area (Å²) < 4.78 is 1.76. The minimum atomic E-state index is 0.519. The van der Waals surface area contributed by atoms with Crippen molar-refractivity contribution in [3.8, 4) is 0 Å². The van der Waals surface area contributed by atoms with Gasteiger partial charge in [-0.3, -0.25) is 4.68 Å². The lowest BCUT2D eigenvalue weighted by atomic mass is 10.5. The van der Waals surface area contributed by atoms with E-state index in [0.29, 0.717) is 11.7 Å². The van der Waals surface area contributed by atoms with Gasteiger partial charge in [0.25, 0.3) is 0 Å². The second-order valence-electron chi connectivity index (χ2n) is 2.32. The second kappa shape index (κ2) is 3.25. The van der Waals surface area contributed by atoms with Crippen LogP contribution < -0.4 is 0 Å². The van der Waals surface area contributed by atoms with Crippen LogP contribution in [0.25, 0.3) is 0 Å². The lowest BCUT2D eigenvalue weighted by Gasteiger charge is -1.95. The third-order valence-electron chi connectivity index (χ3n) is 1.42. The molecule has 0 radical (unpaired) electrons. The predicted octanol–water partition coefficient (Wildman–Crippen LogP) is 2.04. The average Bonchev–Trinajstić information content (AvgIpc) is 2.63. The summed E-state index contributed by atoms with van der Waals surface area (Å²) in [4.78, 5) is 4.14. The van der Waals surface area contributed by atoms with Crippen LogP contribution in [0.4, 0.5) is 0 Å². The minimum absolute atomic E-state index is 0.519. The summed E-state index contributed by atoms with van der Waals surface area (Å²) in [5, 5.41) is 6.55. The fraction of sp³-hybridized carbons (Fsp3) is 0.143. The highest BCUT2D eigenvalue weighted by Crippen LogP contribution is 2.06.